The van der Waals surface area contributed by atoms with E-state index in [-0.39, 0.29) is 12.4 Å². The molecular formula is C23H18ClN3O5. The Labute approximate surface area is 187 Å². The summed E-state index contributed by atoms with van der Waals surface area (Å²) in [6.07, 6.45) is 3.15. The minimum Gasteiger partial charge on any atom is -0.493 e. The Hall–Kier alpha value is -3.91. The fourth-order valence-corrected chi connectivity index (χ4v) is 3.98. The first-order valence-corrected chi connectivity index (χ1v) is 10.1. The molecule has 2 aromatic carbocycles. The molecule has 0 bridgehead atoms. The number of halogens is 1. The predicted molar refractivity (Wildman–Crippen MR) is 122 cm³/mol. The first-order valence-electron chi connectivity index (χ1n) is 9.67. The molecule has 0 fully saturated rings. The Morgan fingerprint density at radius 1 is 1.09 bits per heavy atom. The van der Waals surface area contributed by atoms with Crippen molar-refractivity contribution in [2.75, 3.05) is 25.9 Å². The summed E-state index contributed by atoms with van der Waals surface area (Å²) < 4.78 is 21.9. The molecule has 0 saturated heterocycles. The lowest BCUT2D eigenvalue weighted by molar-refractivity contribution is 0.0798. The van der Waals surface area contributed by atoms with Gasteiger partial charge >= 0.3 is 0 Å². The van der Waals surface area contributed by atoms with Gasteiger partial charge in [-0.25, -0.2) is 4.98 Å². The number of aromatic nitrogens is 2. The van der Waals surface area contributed by atoms with Crippen LogP contribution in [0.15, 0.2) is 65.6 Å². The molecule has 0 amide bonds. The van der Waals surface area contributed by atoms with Crippen molar-refractivity contribution >= 4 is 44.8 Å². The Kier molecular flexibility index (Phi) is 4.99. The van der Waals surface area contributed by atoms with Crippen LogP contribution in [-0.4, -0.2) is 31.0 Å². The third-order valence-corrected chi connectivity index (χ3v) is 5.42. The van der Waals surface area contributed by atoms with E-state index in [0.717, 1.165) is 5.69 Å². The number of nitrogens with one attached hydrogen (secondary N) is 1. The molecule has 1 N–H and O–H groups in total. The monoisotopic (exact) mass is 451 g/mol. The molecule has 0 atom stereocenters. The van der Waals surface area contributed by atoms with Gasteiger partial charge in [0.1, 0.15) is 11.9 Å². The lowest BCUT2D eigenvalue weighted by Crippen LogP contribution is -2.18. The standard InChI is InChI=1S/C23H18ClN3O5/c1-29-18-9-15-16(10-19(18)30-2)23(28)26-22-21(15)17(6-7-25-22)27(20-11-31-12-32-20)14-5-3-4-13(24)8-14/h3-11H,12H2,1-2H3,(H,25,26,28). The van der Waals surface area contributed by atoms with E-state index in [4.69, 9.17) is 30.5 Å². The van der Waals surface area contributed by atoms with Crippen molar-refractivity contribution in [3.05, 3.63) is 76.2 Å². The van der Waals surface area contributed by atoms with Gasteiger partial charge in [0.2, 0.25) is 12.7 Å². The van der Waals surface area contributed by atoms with Crippen molar-refractivity contribution in [3.63, 3.8) is 0 Å². The number of nitrogens with zero attached hydrogens (tertiary/aromatic N) is 2. The Bertz CT molecular complexity index is 1430. The lowest BCUT2D eigenvalue weighted by atomic mass is 10.1. The number of rotatable bonds is 5. The normalized spacial score (nSPS) is 12.9. The average molecular weight is 452 g/mol. The van der Waals surface area contributed by atoms with Gasteiger partial charge < -0.3 is 23.9 Å². The summed E-state index contributed by atoms with van der Waals surface area (Å²) in [6.45, 7) is 0.0953. The number of anilines is 2. The van der Waals surface area contributed by atoms with Crippen molar-refractivity contribution in [2.45, 2.75) is 0 Å². The van der Waals surface area contributed by atoms with E-state index >= 15 is 0 Å². The number of ether oxygens (including phenoxy) is 4. The molecule has 162 valence electrons. The molecule has 8 nitrogen and oxygen atoms in total. The number of H-pyrrole nitrogens is 1. The topological polar surface area (TPSA) is 85.9 Å². The molecular weight excluding hydrogens is 434 g/mol. The molecule has 2 aromatic heterocycles. The number of aromatic amines is 1. The number of benzene rings is 2. The van der Waals surface area contributed by atoms with Crippen LogP contribution in [0.2, 0.25) is 5.02 Å². The number of hydrogen-bond donors (Lipinski definition) is 1. The molecule has 0 aliphatic carbocycles. The van der Waals surface area contributed by atoms with Gasteiger partial charge in [0.15, 0.2) is 11.5 Å². The van der Waals surface area contributed by atoms with Crippen LogP contribution in [0.4, 0.5) is 11.4 Å². The number of hydrogen-bond acceptors (Lipinski definition) is 7. The second kappa shape index (κ2) is 7.97. The van der Waals surface area contributed by atoms with E-state index in [1.54, 1.807) is 31.5 Å². The largest absolute Gasteiger partial charge is 0.493 e. The van der Waals surface area contributed by atoms with Crippen LogP contribution in [0.1, 0.15) is 0 Å². The zero-order chi connectivity index (χ0) is 22.2. The molecule has 3 heterocycles. The van der Waals surface area contributed by atoms with Gasteiger partial charge in [0.05, 0.1) is 31.0 Å². The van der Waals surface area contributed by atoms with E-state index in [0.29, 0.717) is 49.9 Å². The molecule has 1 aliphatic heterocycles. The van der Waals surface area contributed by atoms with Crippen LogP contribution in [0.3, 0.4) is 0 Å². The molecule has 32 heavy (non-hydrogen) atoms. The Morgan fingerprint density at radius 3 is 2.56 bits per heavy atom. The summed E-state index contributed by atoms with van der Waals surface area (Å²) in [5, 5.41) is 2.35. The summed E-state index contributed by atoms with van der Waals surface area (Å²) in [6, 6.07) is 12.6. The van der Waals surface area contributed by atoms with Crippen molar-refractivity contribution in [1.29, 1.82) is 0 Å². The summed E-state index contributed by atoms with van der Waals surface area (Å²) in [7, 11) is 3.07. The van der Waals surface area contributed by atoms with E-state index < -0.39 is 0 Å². The first-order chi connectivity index (χ1) is 15.6. The van der Waals surface area contributed by atoms with Gasteiger partial charge in [-0.2, -0.15) is 0 Å². The third kappa shape index (κ3) is 3.25. The van der Waals surface area contributed by atoms with E-state index in [1.807, 2.05) is 29.2 Å². The van der Waals surface area contributed by atoms with Gasteiger partial charge in [-0.05, 0) is 36.4 Å². The maximum Gasteiger partial charge on any atom is 0.257 e. The molecule has 0 radical (unpaired) electrons. The van der Waals surface area contributed by atoms with Gasteiger partial charge in [-0.3, -0.25) is 9.69 Å². The maximum atomic E-state index is 12.8. The van der Waals surface area contributed by atoms with E-state index in [2.05, 4.69) is 9.97 Å². The number of pyridine rings is 2. The zero-order valence-electron chi connectivity index (χ0n) is 17.2. The second-order valence-corrected chi connectivity index (χ2v) is 7.40. The van der Waals surface area contributed by atoms with Gasteiger partial charge in [-0.1, -0.05) is 17.7 Å². The molecule has 5 rings (SSSR count). The lowest BCUT2D eigenvalue weighted by Gasteiger charge is -2.26. The minimum absolute atomic E-state index is 0.0953. The molecule has 1 aliphatic rings. The van der Waals surface area contributed by atoms with Crippen LogP contribution >= 0.6 is 11.6 Å². The SMILES string of the molecule is COc1cc2c(=O)[nH]c3nccc(N(C4=COCO4)c4cccc(Cl)c4)c3c2cc1OC. The molecule has 0 unspecified atom stereocenters. The van der Waals surface area contributed by atoms with Crippen molar-refractivity contribution < 1.29 is 18.9 Å². The van der Waals surface area contributed by atoms with Crippen molar-refractivity contribution in [1.82, 2.24) is 9.97 Å². The highest BCUT2D eigenvalue weighted by Crippen LogP contribution is 2.41. The van der Waals surface area contributed by atoms with Crippen molar-refractivity contribution in [2.24, 2.45) is 0 Å². The minimum atomic E-state index is -0.285. The fraction of sp³-hybridized carbons (Fsp3) is 0.130. The first kappa shape index (κ1) is 20.0. The Balaban J connectivity index is 1.88. The summed E-state index contributed by atoms with van der Waals surface area (Å²) in [5.41, 5.74) is 1.59. The smallest absolute Gasteiger partial charge is 0.257 e. The maximum absolute atomic E-state index is 12.8. The molecule has 0 saturated carbocycles. The van der Waals surface area contributed by atoms with Gasteiger partial charge in [-0.15, -0.1) is 0 Å². The van der Waals surface area contributed by atoms with Crippen LogP contribution < -0.4 is 19.9 Å². The second-order valence-electron chi connectivity index (χ2n) is 6.96. The highest BCUT2D eigenvalue weighted by Gasteiger charge is 2.24. The Morgan fingerprint density at radius 2 is 1.88 bits per heavy atom. The zero-order valence-corrected chi connectivity index (χ0v) is 18.0. The predicted octanol–water partition coefficient (Wildman–Crippen LogP) is 4.69. The summed E-state index contributed by atoms with van der Waals surface area (Å²) >= 11 is 6.28. The third-order valence-electron chi connectivity index (χ3n) is 5.19. The van der Waals surface area contributed by atoms with Crippen LogP contribution in [0.25, 0.3) is 21.8 Å². The van der Waals surface area contributed by atoms with E-state index in [9.17, 15) is 4.79 Å². The van der Waals surface area contributed by atoms with Crippen LogP contribution in [-0.2, 0) is 9.47 Å². The van der Waals surface area contributed by atoms with Crippen LogP contribution in [0.5, 0.6) is 11.5 Å². The number of fused-ring (bicyclic) bond motifs is 3. The highest BCUT2D eigenvalue weighted by molar-refractivity contribution is 6.30. The number of methoxy groups -OCH3 is 2. The highest BCUT2D eigenvalue weighted by atomic mass is 35.5. The summed E-state index contributed by atoms with van der Waals surface area (Å²) in [5.74, 6) is 1.42. The van der Waals surface area contributed by atoms with Crippen molar-refractivity contribution in [3.8, 4) is 11.5 Å². The van der Waals surface area contributed by atoms with Gasteiger partial charge in [0, 0.05) is 22.0 Å². The molecule has 9 heteroatoms. The van der Waals surface area contributed by atoms with Crippen LogP contribution in [0, 0.1) is 0 Å². The van der Waals surface area contributed by atoms with Gasteiger partial charge in [0.25, 0.3) is 5.56 Å². The average Bonchev–Trinajstić information content (AvgIpc) is 3.33. The molecule has 4 aromatic rings. The molecule has 0 spiro atoms. The quantitative estimate of drug-likeness (QED) is 0.440. The van der Waals surface area contributed by atoms with E-state index in [1.165, 1.54) is 13.4 Å². The summed E-state index contributed by atoms with van der Waals surface area (Å²) in [4.78, 5) is 22.0. The fourth-order valence-electron chi connectivity index (χ4n) is 3.80.